The predicted molar refractivity (Wildman–Crippen MR) is 116 cm³/mol. The molecule has 3 rings (SSSR count). The second kappa shape index (κ2) is 10.9. The van der Waals surface area contributed by atoms with E-state index in [1.807, 2.05) is 13.0 Å². The topological polar surface area (TPSA) is 87.2 Å². The van der Waals surface area contributed by atoms with Crippen molar-refractivity contribution in [2.24, 2.45) is 5.92 Å². The van der Waals surface area contributed by atoms with Crippen LogP contribution >= 0.6 is 11.8 Å². The van der Waals surface area contributed by atoms with Crippen molar-refractivity contribution in [3.05, 3.63) is 42.5 Å². The molecule has 0 saturated carbocycles. The Bertz CT molecular complexity index is 857. The van der Waals surface area contributed by atoms with Crippen LogP contribution in [0.1, 0.15) is 26.2 Å². The summed E-state index contributed by atoms with van der Waals surface area (Å²) < 4.78 is 12.9. The molecule has 0 radical (unpaired) electrons. The number of carbonyl (C=O) groups is 2. The number of rotatable bonds is 8. The van der Waals surface area contributed by atoms with Crippen LogP contribution in [0.3, 0.4) is 0 Å². The summed E-state index contributed by atoms with van der Waals surface area (Å²) in [4.78, 5) is 35.0. The van der Waals surface area contributed by atoms with Crippen molar-refractivity contribution >= 4 is 35.1 Å². The molecule has 0 bridgehead atoms. The smallest absolute Gasteiger partial charge is 0.234 e. The Morgan fingerprint density at radius 2 is 1.93 bits per heavy atom. The minimum Gasteiger partial charge on any atom is -0.356 e. The van der Waals surface area contributed by atoms with Crippen LogP contribution < -0.4 is 15.5 Å². The number of nitrogens with one attached hydrogen (secondary N) is 2. The zero-order valence-electron chi connectivity index (χ0n) is 16.9. The lowest BCUT2D eigenvalue weighted by Gasteiger charge is -2.32. The number of benzene rings is 1. The number of aromatic nitrogens is 2. The first-order valence-electron chi connectivity index (χ1n) is 10.1. The normalized spacial score (nSPS) is 14.4. The van der Waals surface area contributed by atoms with E-state index in [0.717, 1.165) is 44.7 Å². The summed E-state index contributed by atoms with van der Waals surface area (Å²) in [5.74, 6) is 0.653. The maximum absolute atomic E-state index is 12.9. The highest BCUT2D eigenvalue weighted by molar-refractivity contribution is 7.99. The van der Waals surface area contributed by atoms with E-state index < -0.39 is 0 Å². The van der Waals surface area contributed by atoms with E-state index in [4.69, 9.17) is 0 Å². The SMILES string of the molecule is CCCNC(=O)C1CCN(c2cc(SCC(=O)Nc3ccc(F)cc3)ncn2)CC1. The molecule has 30 heavy (non-hydrogen) atoms. The van der Waals surface area contributed by atoms with Gasteiger partial charge in [-0.1, -0.05) is 18.7 Å². The fraction of sp³-hybridized carbons (Fsp3) is 0.429. The molecule has 1 fully saturated rings. The lowest BCUT2D eigenvalue weighted by atomic mass is 9.96. The standard InChI is InChI=1S/C21H26FN5O2S/c1-2-9-23-21(29)15-7-10-27(11-8-15)18-12-20(25-14-24-18)30-13-19(28)26-17-5-3-16(22)4-6-17/h3-6,12,14-15H,2,7-11,13H2,1H3,(H,23,29)(H,26,28). The summed E-state index contributed by atoms with van der Waals surface area (Å²) in [6.45, 7) is 4.28. The van der Waals surface area contributed by atoms with Gasteiger partial charge in [-0.05, 0) is 43.5 Å². The Balaban J connectivity index is 1.48. The van der Waals surface area contributed by atoms with E-state index in [9.17, 15) is 14.0 Å². The summed E-state index contributed by atoms with van der Waals surface area (Å²) in [5.41, 5.74) is 0.552. The van der Waals surface area contributed by atoms with Crippen LogP contribution in [0.5, 0.6) is 0 Å². The molecule has 1 aromatic heterocycles. The van der Waals surface area contributed by atoms with Gasteiger partial charge < -0.3 is 15.5 Å². The quantitative estimate of drug-likeness (QED) is 0.493. The maximum Gasteiger partial charge on any atom is 0.234 e. The van der Waals surface area contributed by atoms with E-state index in [-0.39, 0.29) is 29.3 Å². The molecule has 2 N–H and O–H groups in total. The number of hydrogen-bond donors (Lipinski definition) is 2. The maximum atomic E-state index is 12.9. The van der Waals surface area contributed by atoms with E-state index in [1.165, 1.54) is 42.4 Å². The number of thioether (sulfide) groups is 1. The Kier molecular flexibility index (Phi) is 8.01. The second-order valence-corrected chi connectivity index (χ2v) is 8.11. The fourth-order valence-electron chi connectivity index (χ4n) is 3.21. The van der Waals surface area contributed by atoms with Crippen molar-refractivity contribution in [1.82, 2.24) is 15.3 Å². The molecule has 7 nitrogen and oxygen atoms in total. The molecule has 9 heteroatoms. The van der Waals surface area contributed by atoms with Gasteiger partial charge in [-0.25, -0.2) is 14.4 Å². The van der Waals surface area contributed by atoms with Gasteiger partial charge in [-0.2, -0.15) is 0 Å². The third kappa shape index (κ3) is 6.41. The van der Waals surface area contributed by atoms with Crippen molar-refractivity contribution in [2.45, 2.75) is 31.2 Å². The third-order valence-electron chi connectivity index (χ3n) is 4.85. The average molecular weight is 432 g/mol. The molecule has 0 unspecified atom stereocenters. The Morgan fingerprint density at radius 1 is 1.20 bits per heavy atom. The highest BCUT2D eigenvalue weighted by Crippen LogP contribution is 2.25. The number of amides is 2. The number of piperidine rings is 1. The molecular weight excluding hydrogens is 405 g/mol. The molecule has 2 heterocycles. The van der Waals surface area contributed by atoms with Crippen LogP contribution in [0.4, 0.5) is 15.9 Å². The Labute approximate surface area is 179 Å². The summed E-state index contributed by atoms with van der Waals surface area (Å²) in [7, 11) is 0. The van der Waals surface area contributed by atoms with Gasteiger partial charge in [-0.15, -0.1) is 0 Å². The van der Waals surface area contributed by atoms with Gasteiger partial charge in [0.15, 0.2) is 0 Å². The number of carbonyl (C=O) groups excluding carboxylic acids is 2. The van der Waals surface area contributed by atoms with Gasteiger partial charge in [0.1, 0.15) is 23.0 Å². The molecule has 2 aromatic rings. The molecule has 2 amide bonds. The Morgan fingerprint density at radius 3 is 2.63 bits per heavy atom. The summed E-state index contributed by atoms with van der Waals surface area (Å²) in [6, 6.07) is 7.51. The summed E-state index contributed by atoms with van der Waals surface area (Å²) in [6.07, 6.45) is 4.02. The molecule has 1 saturated heterocycles. The van der Waals surface area contributed by atoms with Crippen LogP contribution in [0.25, 0.3) is 0 Å². The van der Waals surface area contributed by atoms with Crippen molar-refractivity contribution < 1.29 is 14.0 Å². The van der Waals surface area contributed by atoms with Crippen molar-refractivity contribution in [3.63, 3.8) is 0 Å². The largest absolute Gasteiger partial charge is 0.356 e. The zero-order chi connectivity index (χ0) is 21.3. The minimum absolute atomic E-state index is 0.0543. The molecule has 160 valence electrons. The number of hydrogen-bond acceptors (Lipinski definition) is 6. The van der Waals surface area contributed by atoms with Gasteiger partial charge in [0.25, 0.3) is 0 Å². The minimum atomic E-state index is -0.346. The van der Waals surface area contributed by atoms with Crippen LogP contribution in [-0.4, -0.2) is 47.2 Å². The molecule has 0 spiro atoms. The number of nitrogens with zero attached hydrogens (tertiary/aromatic N) is 3. The lowest BCUT2D eigenvalue weighted by Crippen LogP contribution is -2.41. The predicted octanol–water partition coefficient (Wildman–Crippen LogP) is 3.09. The van der Waals surface area contributed by atoms with Crippen LogP contribution in [-0.2, 0) is 9.59 Å². The molecular formula is C21H26FN5O2S. The van der Waals surface area contributed by atoms with E-state index in [1.54, 1.807) is 0 Å². The van der Waals surface area contributed by atoms with Gasteiger partial charge in [0, 0.05) is 37.3 Å². The highest BCUT2D eigenvalue weighted by Gasteiger charge is 2.25. The van der Waals surface area contributed by atoms with Gasteiger partial charge in [-0.3, -0.25) is 9.59 Å². The highest BCUT2D eigenvalue weighted by atomic mass is 32.2. The molecule has 0 atom stereocenters. The van der Waals surface area contributed by atoms with E-state index in [0.29, 0.717) is 10.7 Å². The van der Waals surface area contributed by atoms with Gasteiger partial charge >= 0.3 is 0 Å². The molecule has 0 aliphatic carbocycles. The first-order chi connectivity index (χ1) is 14.5. The van der Waals surface area contributed by atoms with E-state index >= 15 is 0 Å². The third-order valence-corrected chi connectivity index (χ3v) is 5.77. The lowest BCUT2D eigenvalue weighted by molar-refractivity contribution is -0.125. The van der Waals surface area contributed by atoms with Gasteiger partial charge in [0.2, 0.25) is 11.8 Å². The monoisotopic (exact) mass is 431 g/mol. The van der Waals surface area contributed by atoms with Crippen LogP contribution in [0.15, 0.2) is 41.7 Å². The van der Waals surface area contributed by atoms with Crippen LogP contribution in [0.2, 0.25) is 0 Å². The number of halogens is 1. The second-order valence-electron chi connectivity index (χ2n) is 7.11. The van der Waals surface area contributed by atoms with Crippen molar-refractivity contribution in [2.75, 3.05) is 35.6 Å². The van der Waals surface area contributed by atoms with E-state index in [2.05, 4.69) is 25.5 Å². The number of anilines is 2. The van der Waals surface area contributed by atoms with Crippen molar-refractivity contribution in [1.29, 1.82) is 0 Å². The first kappa shape index (κ1) is 22.0. The molecule has 1 aromatic carbocycles. The van der Waals surface area contributed by atoms with Gasteiger partial charge in [0.05, 0.1) is 5.75 Å². The zero-order valence-corrected chi connectivity index (χ0v) is 17.8. The average Bonchev–Trinajstić information content (AvgIpc) is 2.78. The summed E-state index contributed by atoms with van der Waals surface area (Å²) in [5, 5.41) is 6.41. The fourth-order valence-corrected chi connectivity index (χ4v) is 3.88. The van der Waals surface area contributed by atoms with Crippen molar-refractivity contribution in [3.8, 4) is 0 Å². The van der Waals surface area contributed by atoms with Crippen LogP contribution in [0, 0.1) is 11.7 Å². The first-order valence-corrected chi connectivity index (χ1v) is 11.1. The Hall–Kier alpha value is -2.68. The summed E-state index contributed by atoms with van der Waals surface area (Å²) >= 11 is 1.32. The molecule has 1 aliphatic heterocycles. The molecule has 1 aliphatic rings.